The number of carbonyl (C=O) groups excluding carboxylic acids is 1. The highest BCUT2D eigenvalue weighted by Crippen LogP contribution is 2.43. The maximum absolute atomic E-state index is 13.2. The number of nitrogens with zero attached hydrogens (tertiary/aromatic N) is 4. The Hall–Kier alpha value is -3.19. The number of aryl methyl sites for hydroxylation is 1. The van der Waals surface area contributed by atoms with E-state index in [0.29, 0.717) is 24.3 Å². The number of aromatic nitrogens is 4. The van der Waals surface area contributed by atoms with Gasteiger partial charge in [0.05, 0.1) is 18.5 Å². The van der Waals surface area contributed by atoms with Gasteiger partial charge in [0.2, 0.25) is 0 Å². The van der Waals surface area contributed by atoms with E-state index in [1.165, 1.54) is 22.2 Å². The molecule has 0 atom stereocenters. The van der Waals surface area contributed by atoms with Crippen molar-refractivity contribution in [3.8, 4) is 0 Å². The van der Waals surface area contributed by atoms with Crippen LogP contribution in [0.25, 0.3) is 16.6 Å². The van der Waals surface area contributed by atoms with Crippen LogP contribution in [0.1, 0.15) is 40.0 Å². The van der Waals surface area contributed by atoms with E-state index >= 15 is 0 Å². The summed E-state index contributed by atoms with van der Waals surface area (Å²) in [7, 11) is 0. The summed E-state index contributed by atoms with van der Waals surface area (Å²) in [6.07, 6.45) is 7.77. The average molecular weight is 401 g/mol. The molecule has 1 fully saturated rings. The van der Waals surface area contributed by atoms with Gasteiger partial charge in [-0.3, -0.25) is 4.79 Å². The van der Waals surface area contributed by atoms with Crippen LogP contribution in [0.3, 0.4) is 0 Å². The summed E-state index contributed by atoms with van der Waals surface area (Å²) in [5, 5.41) is 5.60. The lowest BCUT2D eigenvalue weighted by molar-refractivity contribution is -0.0957. The number of likely N-dealkylation sites (tertiary alicyclic amines) is 1. The van der Waals surface area contributed by atoms with Gasteiger partial charge in [0.25, 0.3) is 5.91 Å². The summed E-state index contributed by atoms with van der Waals surface area (Å²) in [5.74, 6) is -0.0103. The van der Waals surface area contributed by atoms with Crippen LogP contribution in [0.5, 0.6) is 0 Å². The third kappa shape index (κ3) is 2.51. The first kappa shape index (κ1) is 17.7. The van der Waals surface area contributed by atoms with Crippen molar-refractivity contribution in [3.05, 3.63) is 65.2 Å². The highest BCUT2D eigenvalue weighted by atomic mass is 16.5. The number of hydrogen-bond acceptors (Lipinski definition) is 4. The predicted molar refractivity (Wildman–Crippen MR) is 112 cm³/mol. The first-order chi connectivity index (χ1) is 14.6. The minimum Gasteiger partial charge on any atom is -0.368 e. The SMILES string of the molecule is Cc1cnc2c(C(=O)N3CCC4(CC3)OCCc3c4[nH]c4ccccc34)cnn2c1. The second kappa shape index (κ2) is 6.40. The van der Waals surface area contributed by atoms with E-state index in [4.69, 9.17) is 4.74 Å². The van der Waals surface area contributed by atoms with E-state index in [2.05, 4.69) is 39.3 Å². The van der Waals surface area contributed by atoms with Crippen LogP contribution in [0.2, 0.25) is 0 Å². The van der Waals surface area contributed by atoms with E-state index < -0.39 is 0 Å². The Morgan fingerprint density at radius 2 is 2.03 bits per heavy atom. The lowest BCUT2D eigenvalue weighted by atomic mass is 9.83. The molecule has 1 N–H and O–H groups in total. The Bertz CT molecular complexity index is 1280. The molecule has 0 bridgehead atoms. The molecule has 3 aromatic heterocycles. The van der Waals surface area contributed by atoms with Crippen molar-refractivity contribution in [1.29, 1.82) is 0 Å². The highest BCUT2D eigenvalue weighted by molar-refractivity contribution is 5.99. The Kier molecular flexibility index (Phi) is 3.77. The zero-order chi connectivity index (χ0) is 20.3. The maximum atomic E-state index is 13.2. The van der Waals surface area contributed by atoms with Crippen LogP contribution in [-0.2, 0) is 16.8 Å². The topological polar surface area (TPSA) is 75.5 Å². The highest BCUT2D eigenvalue weighted by Gasteiger charge is 2.43. The van der Waals surface area contributed by atoms with E-state index in [0.717, 1.165) is 31.4 Å². The Labute approximate surface area is 173 Å². The summed E-state index contributed by atoms with van der Waals surface area (Å²) < 4.78 is 8.04. The van der Waals surface area contributed by atoms with Crippen molar-refractivity contribution in [2.45, 2.75) is 31.8 Å². The smallest absolute Gasteiger partial charge is 0.259 e. The number of H-pyrrole nitrogens is 1. The second-order valence-corrected chi connectivity index (χ2v) is 8.37. The number of rotatable bonds is 1. The van der Waals surface area contributed by atoms with Crippen molar-refractivity contribution in [3.63, 3.8) is 0 Å². The Morgan fingerprint density at radius 1 is 1.20 bits per heavy atom. The summed E-state index contributed by atoms with van der Waals surface area (Å²) in [5.41, 5.74) is 5.58. The number of carbonyl (C=O) groups is 1. The van der Waals surface area contributed by atoms with Gasteiger partial charge in [0.1, 0.15) is 11.2 Å². The van der Waals surface area contributed by atoms with E-state index in [9.17, 15) is 4.79 Å². The minimum atomic E-state index is -0.333. The molecular formula is C23H23N5O2. The number of amides is 1. The van der Waals surface area contributed by atoms with Gasteiger partial charge in [-0.15, -0.1) is 0 Å². The molecule has 0 saturated carbocycles. The summed E-state index contributed by atoms with van der Waals surface area (Å²) in [6.45, 7) is 3.98. The van der Waals surface area contributed by atoms with Crippen molar-refractivity contribution in [1.82, 2.24) is 24.5 Å². The number of ether oxygens (including phenoxy) is 1. The fourth-order valence-electron chi connectivity index (χ4n) is 5.02. The molecule has 2 aliphatic heterocycles. The number of hydrogen-bond donors (Lipinski definition) is 1. The third-order valence-electron chi connectivity index (χ3n) is 6.57. The second-order valence-electron chi connectivity index (χ2n) is 8.37. The van der Waals surface area contributed by atoms with E-state index in [1.54, 1.807) is 16.9 Å². The van der Waals surface area contributed by atoms with E-state index in [1.807, 2.05) is 18.0 Å². The largest absolute Gasteiger partial charge is 0.368 e. The van der Waals surface area contributed by atoms with Crippen LogP contribution in [0.15, 0.2) is 42.9 Å². The molecule has 1 spiro atoms. The molecular weight excluding hydrogens is 378 g/mol. The number of fused-ring (bicyclic) bond motifs is 5. The molecule has 152 valence electrons. The summed E-state index contributed by atoms with van der Waals surface area (Å²) in [4.78, 5) is 23.2. The molecule has 0 unspecified atom stereocenters. The van der Waals surface area contributed by atoms with Crippen LogP contribution < -0.4 is 0 Å². The predicted octanol–water partition coefficient (Wildman–Crippen LogP) is 3.22. The summed E-state index contributed by atoms with van der Waals surface area (Å²) >= 11 is 0. The van der Waals surface area contributed by atoms with E-state index in [-0.39, 0.29) is 11.5 Å². The van der Waals surface area contributed by atoms with Gasteiger partial charge in [0, 0.05) is 36.4 Å². The number of piperidine rings is 1. The normalized spacial score (nSPS) is 18.2. The third-order valence-corrected chi connectivity index (χ3v) is 6.57. The molecule has 30 heavy (non-hydrogen) atoms. The minimum absolute atomic E-state index is 0.0103. The molecule has 7 heteroatoms. The zero-order valence-electron chi connectivity index (χ0n) is 16.9. The van der Waals surface area contributed by atoms with Crippen LogP contribution in [-0.4, -0.2) is 50.1 Å². The Morgan fingerprint density at radius 3 is 2.90 bits per heavy atom. The summed E-state index contributed by atoms with van der Waals surface area (Å²) in [6, 6.07) is 8.46. The van der Waals surface area contributed by atoms with Gasteiger partial charge in [-0.2, -0.15) is 5.10 Å². The molecule has 1 amide bonds. The van der Waals surface area contributed by atoms with Crippen LogP contribution in [0.4, 0.5) is 0 Å². The molecule has 0 radical (unpaired) electrons. The Balaban J connectivity index is 1.28. The van der Waals surface area contributed by atoms with Crippen molar-refractivity contribution in [2.24, 2.45) is 0 Å². The number of para-hydroxylation sites is 1. The fraction of sp³-hybridized carbons (Fsp3) is 0.348. The van der Waals surface area contributed by atoms with Crippen molar-refractivity contribution >= 4 is 22.5 Å². The lowest BCUT2D eigenvalue weighted by Gasteiger charge is -2.43. The molecule has 1 saturated heterocycles. The zero-order valence-corrected chi connectivity index (χ0v) is 16.9. The first-order valence-electron chi connectivity index (χ1n) is 10.5. The van der Waals surface area contributed by atoms with Gasteiger partial charge in [-0.1, -0.05) is 18.2 Å². The van der Waals surface area contributed by atoms with Gasteiger partial charge >= 0.3 is 0 Å². The maximum Gasteiger partial charge on any atom is 0.259 e. The van der Waals surface area contributed by atoms with Crippen molar-refractivity contribution < 1.29 is 9.53 Å². The molecule has 1 aromatic carbocycles. The molecule has 2 aliphatic rings. The lowest BCUT2D eigenvalue weighted by Crippen LogP contribution is -2.48. The average Bonchev–Trinajstić information content (AvgIpc) is 3.36. The first-order valence-corrected chi connectivity index (χ1v) is 10.5. The van der Waals surface area contributed by atoms with Gasteiger partial charge in [-0.25, -0.2) is 9.50 Å². The van der Waals surface area contributed by atoms with Gasteiger partial charge < -0.3 is 14.6 Å². The molecule has 0 aliphatic carbocycles. The number of nitrogens with one attached hydrogen (secondary N) is 1. The monoisotopic (exact) mass is 401 g/mol. The van der Waals surface area contributed by atoms with Gasteiger partial charge in [0.15, 0.2) is 5.65 Å². The van der Waals surface area contributed by atoms with Crippen LogP contribution >= 0.6 is 0 Å². The quantitative estimate of drug-likeness (QED) is 0.531. The molecule has 4 aromatic rings. The standard InChI is InChI=1S/C23H23N5O2/c1-15-12-24-21-18(13-25-28(21)14-15)22(29)27-9-7-23(8-10-27)20-17(6-11-30-23)16-4-2-3-5-19(16)26-20/h2-5,12-14,26H,6-11H2,1H3. The molecule has 7 nitrogen and oxygen atoms in total. The van der Waals surface area contributed by atoms with Crippen molar-refractivity contribution in [2.75, 3.05) is 19.7 Å². The molecule has 5 heterocycles. The number of aromatic amines is 1. The number of benzene rings is 1. The molecule has 6 rings (SSSR count). The fourth-order valence-corrected chi connectivity index (χ4v) is 5.02. The van der Waals surface area contributed by atoms with Gasteiger partial charge in [-0.05, 0) is 43.4 Å². The van der Waals surface area contributed by atoms with Crippen LogP contribution in [0, 0.1) is 6.92 Å².